The number of hydrogen-bond acceptors (Lipinski definition) is 2. The number of nitrogens with one attached hydrogen (secondary N) is 1. The summed E-state index contributed by atoms with van der Waals surface area (Å²) in [6.45, 7) is 1.90. The molecule has 0 aliphatic heterocycles. The molecule has 0 aliphatic rings. The molecule has 0 unspecified atom stereocenters. The molecule has 114 valence electrons. The Balaban J connectivity index is 1.69. The van der Waals surface area contributed by atoms with E-state index in [-0.39, 0.29) is 5.91 Å². The first-order chi connectivity index (χ1) is 11.2. The zero-order valence-corrected chi connectivity index (χ0v) is 13.0. The highest BCUT2D eigenvalue weighted by Crippen LogP contribution is 2.16. The number of carbonyl (C=O) groups is 1. The molecule has 3 heteroatoms. The number of carbonyl (C=O) groups excluding carboxylic acids is 1. The van der Waals surface area contributed by atoms with Gasteiger partial charge in [-0.25, -0.2) is 5.43 Å². The van der Waals surface area contributed by atoms with Crippen LogP contribution in [0.2, 0.25) is 0 Å². The molecule has 0 spiro atoms. The summed E-state index contributed by atoms with van der Waals surface area (Å²) in [5.74, 6) is -0.115. The minimum absolute atomic E-state index is 0.115. The van der Waals surface area contributed by atoms with Gasteiger partial charge in [0.15, 0.2) is 0 Å². The average molecular weight is 302 g/mol. The third-order valence-electron chi connectivity index (χ3n) is 3.72. The Morgan fingerprint density at radius 1 is 0.913 bits per heavy atom. The normalized spacial score (nSPS) is 11.4. The lowest BCUT2D eigenvalue weighted by Crippen LogP contribution is -2.21. The van der Waals surface area contributed by atoms with E-state index in [4.69, 9.17) is 0 Å². The Morgan fingerprint density at radius 2 is 1.61 bits per heavy atom. The van der Waals surface area contributed by atoms with Crippen molar-refractivity contribution in [2.45, 2.75) is 13.3 Å². The lowest BCUT2D eigenvalue weighted by Gasteiger charge is -2.05. The molecule has 1 N–H and O–H groups in total. The number of hydrazone groups is 1. The highest BCUT2D eigenvalue weighted by Gasteiger charge is 2.03. The quantitative estimate of drug-likeness (QED) is 0.576. The first-order valence-corrected chi connectivity index (χ1v) is 7.58. The van der Waals surface area contributed by atoms with E-state index in [0.29, 0.717) is 6.42 Å². The first-order valence-electron chi connectivity index (χ1n) is 7.58. The van der Waals surface area contributed by atoms with Crippen molar-refractivity contribution < 1.29 is 4.79 Å². The zero-order valence-electron chi connectivity index (χ0n) is 13.0. The molecule has 1 amide bonds. The number of nitrogens with zero attached hydrogens (tertiary/aromatic N) is 1. The molecule has 0 fully saturated rings. The van der Waals surface area contributed by atoms with Gasteiger partial charge in [0.05, 0.1) is 12.1 Å². The maximum Gasteiger partial charge on any atom is 0.244 e. The van der Waals surface area contributed by atoms with Crippen molar-refractivity contribution in [3.8, 4) is 0 Å². The van der Waals surface area contributed by atoms with Gasteiger partial charge in [-0.2, -0.15) is 5.10 Å². The van der Waals surface area contributed by atoms with Gasteiger partial charge in [0.25, 0.3) is 0 Å². The summed E-state index contributed by atoms with van der Waals surface area (Å²) in [5, 5.41) is 6.57. The van der Waals surface area contributed by atoms with E-state index in [1.807, 2.05) is 55.5 Å². The fraction of sp³-hybridized carbons (Fsp3) is 0.100. The molecule has 0 aliphatic carbocycles. The van der Waals surface area contributed by atoms with Crippen molar-refractivity contribution in [3.63, 3.8) is 0 Å². The summed E-state index contributed by atoms with van der Waals surface area (Å²) < 4.78 is 0. The molecular weight excluding hydrogens is 284 g/mol. The maximum absolute atomic E-state index is 11.9. The summed E-state index contributed by atoms with van der Waals surface area (Å²) in [7, 11) is 0. The molecule has 3 nitrogen and oxygen atoms in total. The number of amides is 1. The monoisotopic (exact) mass is 302 g/mol. The lowest BCUT2D eigenvalue weighted by molar-refractivity contribution is -0.120. The maximum atomic E-state index is 11.9. The van der Waals surface area contributed by atoms with Crippen molar-refractivity contribution in [1.29, 1.82) is 0 Å². The van der Waals surface area contributed by atoms with Crippen LogP contribution in [0.5, 0.6) is 0 Å². The van der Waals surface area contributed by atoms with Gasteiger partial charge in [0.2, 0.25) is 5.91 Å². The van der Waals surface area contributed by atoms with Crippen LogP contribution < -0.4 is 5.43 Å². The second-order valence-electron chi connectivity index (χ2n) is 5.46. The second kappa shape index (κ2) is 6.88. The van der Waals surface area contributed by atoms with Gasteiger partial charge in [0, 0.05) is 0 Å². The zero-order chi connectivity index (χ0) is 16.1. The fourth-order valence-corrected chi connectivity index (χ4v) is 2.45. The molecule has 3 rings (SSSR count). The van der Waals surface area contributed by atoms with Crippen LogP contribution in [0.1, 0.15) is 18.1 Å². The highest BCUT2D eigenvalue weighted by molar-refractivity contribution is 6.02. The Bertz CT molecular complexity index is 854. The third-order valence-corrected chi connectivity index (χ3v) is 3.72. The molecule has 0 radical (unpaired) electrons. The smallest absolute Gasteiger partial charge is 0.244 e. The summed E-state index contributed by atoms with van der Waals surface area (Å²) >= 11 is 0. The van der Waals surface area contributed by atoms with E-state index in [9.17, 15) is 4.79 Å². The Morgan fingerprint density at radius 3 is 2.39 bits per heavy atom. The predicted molar refractivity (Wildman–Crippen MR) is 94.4 cm³/mol. The number of hydrogen-bond donors (Lipinski definition) is 1. The van der Waals surface area contributed by atoms with Crippen LogP contribution in [0.25, 0.3) is 10.8 Å². The molecule has 0 saturated carbocycles. The van der Waals surface area contributed by atoms with Crippen LogP contribution in [-0.4, -0.2) is 11.6 Å². The third kappa shape index (κ3) is 3.83. The van der Waals surface area contributed by atoms with Gasteiger partial charge in [-0.15, -0.1) is 0 Å². The molecule has 0 saturated heterocycles. The van der Waals surface area contributed by atoms with E-state index in [2.05, 4.69) is 34.8 Å². The molecule has 23 heavy (non-hydrogen) atoms. The standard InChI is InChI=1S/C20H18N2O/c1-15(18-12-11-17-9-5-6-10-19(17)14-18)21-22-20(23)13-16-7-3-2-4-8-16/h2-12,14H,13H2,1H3,(H,22,23)/b21-15-. The van der Waals surface area contributed by atoms with E-state index >= 15 is 0 Å². The number of rotatable bonds is 4. The minimum Gasteiger partial charge on any atom is -0.273 e. The van der Waals surface area contributed by atoms with Crippen LogP contribution in [-0.2, 0) is 11.2 Å². The minimum atomic E-state index is -0.115. The van der Waals surface area contributed by atoms with Crippen LogP contribution >= 0.6 is 0 Å². The SMILES string of the molecule is C/C(=N/NC(=O)Cc1ccccc1)c1ccc2ccccc2c1. The molecule has 0 aromatic heterocycles. The largest absolute Gasteiger partial charge is 0.273 e. The van der Waals surface area contributed by atoms with Crippen LogP contribution in [0, 0.1) is 0 Å². The topological polar surface area (TPSA) is 41.5 Å². The van der Waals surface area contributed by atoms with Crippen LogP contribution in [0.3, 0.4) is 0 Å². The number of benzene rings is 3. The predicted octanol–water partition coefficient (Wildman–Crippen LogP) is 3.92. The van der Waals surface area contributed by atoms with Crippen LogP contribution in [0.4, 0.5) is 0 Å². The Labute approximate surface area is 135 Å². The van der Waals surface area contributed by atoms with Crippen molar-refractivity contribution in [2.24, 2.45) is 5.10 Å². The Kier molecular flexibility index (Phi) is 4.48. The summed E-state index contributed by atoms with van der Waals surface area (Å²) in [5.41, 5.74) is 5.39. The van der Waals surface area contributed by atoms with Gasteiger partial charge < -0.3 is 0 Å². The van der Waals surface area contributed by atoms with E-state index in [1.54, 1.807) is 0 Å². The average Bonchev–Trinajstić information content (AvgIpc) is 2.60. The van der Waals surface area contributed by atoms with E-state index in [1.165, 1.54) is 5.39 Å². The second-order valence-corrected chi connectivity index (χ2v) is 5.46. The van der Waals surface area contributed by atoms with Gasteiger partial charge >= 0.3 is 0 Å². The van der Waals surface area contributed by atoms with Crippen molar-refractivity contribution in [2.75, 3.05) is 0 Å². The lowest BCUT2D eigenvalue weighted by atomic mass is 10.0. The van der Waals surface area contributed by atoms with Gasteiger partial charge in [-0.1, -0.05) is 66.7 Å². The molecule has 3 aromatic rings. The van der Waals surface area contributed by atoms with Gasteiger partial charge in [-0.3, -0.25) is 4.79 Å². The van der Waals surface area contributed by atoms with E-state index in [0.717, 1.165) is 22.2 Å². The summed E-state index contributed by atoms with van der Waals surface area (Å²) in [4.78, 5) is 11.9. The fourth-order valence-electron chi connectivity index (χ4n) is 2.45. The molecule has 3 aromatic carbocycles. The molecule has 0 heterocycles. The Hall–Kier alpha value is -2.94. The van der Waals surface area contributed by atoms with Crippen molar-refractivity contribution in [1.82, 2.24) is 5.43 Å². The summed E-state index contributed by atoms with van der Waals surface area (Å²) in [6.07, 6.45) is 0.329. The van der Waals surface area contributed by atoms with E-state index < -0.39 is 0 Å². The first kappa shape index (κ1) is 15.0. The number of fused-ring (bicyclic) bond motifs is 1. The molecule has 0 atom stereocenters. The van der Waals surface area contributed by atoms with Crippen molar-refractivity contribution >= 4 is 22.4 Å². The summed E-state index contributed by atoms with van der Waals surface area (Å²) in [6, 6.07) is 24.0. The molecule has 0 bridgehead atoms. The van der Waals surface area contributed by atoms with Gasteiger partial charge in [0.1, 0.15) is 0 Å². The van der Waals surface area contributed by atoms with Crippen LogP contribution in [0.15, 0.2) is 77.9 Å². The highest BCUT2D eigenvalue weighted by atomic mass is 16.2. The van der Waals surface area contributed by atoms with Crippen molar-refractivity contribution in [3.05, 3.63) is 83.9 Å². The van der Waals surface area contributed by atoms with Gasteiger partial charge in [-0.05, 0) is 34.9 Å². The molecular formula is C20H18N2O.